The van der Waals surface area contributed by atoms with Crippen molar-refractivity contribution in [2.45, 2.75) is 13.5 Å². The highest BCUT2D eigenvalue weighted by molar-refractivity contribution is 6.08. The Morgan fingerprint density at radius 2 is 1.69 bits per heavy atom. The summed E-state index contributed by atoms with van der Waals surface area (Å²) in [6.07, 6.45) is 1.84. The molecule has 2 aromatic heterocycles. The Morgan fingerprint density at radius 1 is 0.938 bits per heavy atom. The topological polar surface area (TPSA) is 69.0 Å². The molecule has 0 bridgehead atoms. The van der Waals surface area contributed by atoms with Crippen LogP contribution in [-0.2, 0) is 11.3 Å². The Hall–Kier alpha value is -4.19. The van der Waals surface area contributed by atoms with Crippen molar-refractivity contribution in [3.63, 3.8) is 0 Å². The van der Waals surface area contributed by atoms with Gasteiger partial charge in [0.15, 0.2) is 0 Å². The number of anilines is 1. The molecule has 3 aromatic carbocycles. The van der Waals surface area contributed by atoms with Crippen molar-refractivity contribution in [2.75, 3.05) is 11.9 Å². The van der Waals surface area contributed by atoms with Crippen LogP contribution in [0.4, 0.5) is 5.69 Å². The fraction of sp³-hybridized carbons (Fsp3) is 0.115. The predicted octanol–water partition coefficient (Wildman–Crippen LogP) is 5.29. The number of para-hydroxylation sites is 1. The lowest BCUT2D eigenvalue weighted by Gasteiger charge is -2.08. The second kappa shape index (κ2) is 8.51. The van der Waals surface area contributed by atoms with E-state index in [0.29, 0.717) is 12.3 Å². The molecule has 0 saturated heterocycles. The lowest BCUT2D eigenvalue weighted by atomic mass is 10.1. The highest BCUT2D eigenvalue weighted by Gasteiger charge is 2.17. The third-order valence-electron chi connectivity index (χ3n) is 5.27. The maximum atomic E-state index is 12.9. The van der Waals surface area contributed by atoms with Gasteiger partial charge in [-0.3, -0.25) is 14.5 Å². The molecule has 0 atom stereocenters. The first kappa shape index (κ1) is 19.8. The van der Waals surface area contributed by atoms with Gasteiger partial charge in [0.1, 0.15) is 18.0 Å². The quantitative estimate of drug-likeness (QED) is 0.404. The first-order valence-electron chi connectivity index (χ1n) is 10.6. The van der Waals surface area contributed by atoms with Gasteiger partial charge in [-0.15, -0.1) is 0 Å². The van der Waals surface area contributed by atoms with Gasteiger partial charge < -0.3 is 10.1 Å². The van der Waals surface area contributed by atoms with Crippen molar-refractivity contribution in [2.24, 2.45) is 0 Å². The molecule has 0 aliphatic rings. The number of aromatic nitrogens is 3. The van der Waals surface area contributed by atoms with Gasteiger partial charge in [0.2, 0.25) is 5.91 Å². The smallest absolute Gasteiger partial charge is 0.246 e. The number of amides is 1. The summed E-state index contributed by atoms with van der Waals surface area (Å²) in [5, 5.41) is 9.66. The van der Waals surface area contributed by atoms with E-state index in [-0.39, 0.29) is 12.5 Å². The normalized spacial score (nSPS) is 11.0. The summed E-state index contributed by atoms with van der Waals surface area (Å²) in [6.45, 7) is 2.63. The lowest BCUT2D eigenvalue weighted by molar-refractivity contribution is -0.116. The van der Waals surface area contributed by atoms with Gasteiger partial charge in [-0.1, -0.05) is 48.5 Å². The van der Waals surface area contributed by atoms with E-state index in [4.69, 9.17) is 9.84 Å². The molecule has 0 aliphatic heterocycles. The van der Waals surface area contributed by atoms with Crippen LogP contribution in [0.15, 0.2) is 85.1 Å². The first-order valence-corrected chi connectivity index (χ1v) is 10.6. The van der Waals surface area contributed by atoms with Crippen molar-refractivity contribution in [3.05, 3.63) is 85.1 Å². The minimum atomic E-state index is -0.154. The van der Waals surface area contributed by atoms with Gasteiger partial charge in [-0.25, -0.2) is 0 Å². The molecule has 1 amide bonds. The number of pyridine rings is 1. The molecular formula is C26H22N4O2. The van der Waals surface area contributed by atoms with Crippen LogP contribution >= 0.6 is 0 Å². The van der Waals surface area contributed by atoms with E-state index in [9.17, 15) is 4.79 Å². The SMILES string of the molecule is CCOc1ccc(NC(=O)Cn2nc(-c3ccccc3)c3cnc4ccccc4c32)cc1. The zero-order chi connectivity index (χ0) is 21.9. The molecule has 6 nitrogen and oxygen atoms in total. The zero-order valence-electron chi connectivity index (χ0n) is 17.7. The molecule has 0 aliphatic carbocycles. The standard InChI is InChI=1S/C26H22N4O2/c1-2-32-20-14-12-19(13-15-20)28-24(31)17-30-26-21-10-6-7-11-23(21)27-16-22(26)25(29-30)18-8-4-3-5-9-18/h3-16H,2,17H2,1H3,(H,28,31). The molecule has 158 valence electrons. The molecule has 0 radical (unpaired) electrons. The van der Waals surface area contributed by atoms with E-state index in [1.165, 1.54) is 0 Å². The number of carbonyl (C=O) groups is 1. The largest absolute Gasteiger partial charge is 0.494 e. The molecular weight excluding hydrogens is 400 g/mol. The van der Waals surface area contributed by atoms with Crippen LogP contribution in [0.3, 0.4) is 0 Å². The van der Waals surface area contributed by atoms with Gasteiger partial charge in [-0.2, -0.15) is 5.10 Å². The van der Waals surface area contributed by atoms with E-state index in [1.807, 2.05) is 92.0 Å². The predicted molar refractivity (Wildman–Crippen MR) is 127 cm³/mol. The van der Waals surface area contributed by atoms with E-state index in [0.717, 1.165) is 38.8 Å². The molecule has 1 N–H and O–H groups in total. The van der Waals surface area contributed by atoms with E-state index in [1.54, 1.807) is 4.68 Å². The van der Waals surface area contributed by atoms with Crippen molar-refractivity contribution in [1.29, 1.82) is 0 Å². The monoisotopic (exact) mass is 422 g/mol. The summed E-state index contributed by atoms with van der Waals surface area (Å²) >= 11 is 0. The minimum absolute atomic E-state index is 0.0878. The van der Waals surface area contributed by atoms with Crippen molar-refractivity contribution < 1.29 is 9.53 Å². The van der Waals surface area contributed by atoms with E-state index < -0.39 is 0 Å². The number of hydrogen-bond acceptors (Lipinski definition) is 4. The second-order valence-electron chi connectivity index (χ2n) is 7.42. The number of nitrogens with one attached hydrogen (secondary N) is 1. The lowest BCUT2D eigenvalue weighted by Crippen LogP contribution is -2.19. The summed E-state index contributed by atoms with van der Waals surface area (Å²) in [7, 11) is 0. The first-order chi connectivity index (χ1) is 15.7. The van der Waals surface area contributed by atoms with Gasteiger partial charge in [0.25, 0.3) is 0 Å². The minimum Gasteiger partial charge on any atom is -0.494 e. The van der Waals surface area contributed by atoms with Gasteiger partial charge in [-0.05, 0) is 37.3 Å². The summed E-state index contributed by atoms with van der Waals surface area (Å²) in [4.78, 5) is 17.5. The van der Waals surface area contributed by atoms with Crippen LogP contribution in [0, 0.1) is 0 Å². The van der Waals surface area contributed by atoms with E-state index in [2.05, 4.69) is 10.3 Å². The van der Waals surface area contributed by atoms with Gasteiger partial charge >= 0.3 is 0 Å². The Labute approximate surface area is 185 Å². The van der Waals surface area contributed by atoms with Crippen LogP contribution < -0.4 is 10.1 Å². The number of rotatable bonds is 6. The Kier molecular flexibility index (Phi) is 5.25. The van der Waals surface area contributed by atoms with Crippen LogP contribution in [-0.4, -0.2) is 27.3 Å². The number of nitrogens with zero attached hydrogens (tertiary/aromatic N) is 3. The van der Waals surface area contributed by atoms with Gasteiger partial charge in [0, 0.05) is 28.2 Å². The second-order valence-corrected chi connectivity index (χ2v) is 7.42. The average molecular weight is 422 g/mol. The maximum absolute atomic E-state index is 12.9. The third kappa shape index (κ3) is 3.78. The van der Waals surface area contributed by atoms with Crippen molar-refractivity contribution >= 4 is 33.4 Å². The number of hydrogen-bond donors (Lipinski definition) is 1. The fourth-order valence-electron chi connectivity index (χ4n) is 3.86. The maximum Gasteiger partial charge on any atom is 0.246 e. The molecule has 5 rings (SSSR count). The molecule has 5 aromatic rings. The van der Waals surface area contributed by atoms with Crippen LogP contribution in [0.5, 0.6) is 5.75 Å². The molecule has 0 saturated carbocycles. The van der Waals surface area contributed by atoms with E-state index >= 15 is 0 Å². The van der Waals surface area contributed by atoms with Crippen molar-refractivity contribution in [1.82, 2.24) is 14.8 Å². The summed E-state index contributed by atoms with van der Waals surface area (Å²) in [5.41, 5.74) is 4.28. The van der Waals surface area contributed by atoms with Crippen molar-refractivity contribution in [3.8, 4) is 17.0 Å². The molecule has 0 unspecified atom stereocenters. The number of ether oxygens (including phenoxy) is 1. The highest BCUT2D eigenvalue weighted by atomic mass is 16.5. The van der Waals surface area contributed by atoms with Crippen LogP contribution in [0.2, 0.25) is 0 Å². The number of benzene rings is 3. The van der Waals surface area contributed by atoms with Crippen LogP contribution in [0.1, 0.15) is 6.92 Å². The number of fused-ring (bicyclic) bond motifs is 3. The zero-order valence-corrected chi connectivity index (χ0v) is 17.7. The summed E-state index contributed by atoms with van der Waals surface area (Å²) < 4.78 is 7.23. The molecule has 6 heteroatoms. The number of carbonyl (C=O) groups excluding carboxylic acids is 1. The summed E-state index contributed by atoms with van der Waals surface area (Å²) in [6, 6.07) is 25.2. The Bertz CT molecular complexity index is 1390. The van der Waals surface area contributed by atoms with Crippen LogP contribution in [0.25, 0.3) is 33.1 Å². The molecule has 0 fully saturated rings. The molecule has 2 heterocycles. The molecule has 32 heavy (non-hydrogen) atoms. The Balaban J connectivity index is 1.52. The third-order valence-corrected chi connectivity index (χ3v) is 5.27. The Morgan fingerprint density at radius 3 is 2.47 bits per heavy atom. The molecule has 0 spiro atoms. The fourth-order valence-corrected chi connectivity index (χ4v) is 3.86. The van der Waals surface area contributed by atoms with Gasteiger partial charge in [0.05, 0.1) is 17.6 Å². The highest BCUT2D eigenvalue weighted by Crippen LogP contribution is 2.31. The summed E-state index contributed by atoms with van der Waals surface area (Å²) in [5.74, 6) is 0.620. The average Bonchev–Trinajstić information content (AvgIpc) is 3.20.